The highest BCUT2D eigenvalue weighted by atomic mass is 32.1. The quantitative estimate of drug-likeness (QED) is 0.659. The van der Waals surface area contributed by atoms with Crippen LogP contribution in [-0.4, -0.2) is 34.1 Å². The van der Waals surface area contributed by atoms with E-state index >= 15 is 0 Å². The number of hydrogen-bond acceptors (Lipinski definition) is 5. The highest BCUT2D eigenvalue weighted by Crippen LogP contribution is 2.37. The summed E-state index contributed by atoms with van der Waals surface area (Å²) >= 11 is 1.45. The summed E-state index contributed by atoms with van der Waals surface area (Å²) in [5.41, 5.74) is 0.842. The number of hydrogen-bond donors (Lipinski definition) is 1. The summed E-state index contributed by atoms with van der Waals surface area (Å²) in [7, 11) is 0. The van der Waals surface area contributed by atoms with Crippen molar-refractivity contribution in [1.29, 1.82) is 0 Å². The van der Waals surface area contributed by atoms with E-state index in [4.69, 9.17) is 0 Å². The Kier molecular flexibility index (Phi) is 4.90. The topological polar surface area (TPSA) is 58.4 Å². The summed E-state index contributed by atoms with van der Waals surface area (Å²) in [6.45, 7) is 0.886. The lowest BCUT2D eigenvalue weighted by Crippen LogP contribution is -2.29. The molecule has 31 heavy (non-hydrogen) atoms. The smallest absolute Gasteiger partial charge is 0.391 e. The molecule has 1 fully saturated rings. The number of fused-ring (bicyclic) bond motifs is 1. The van der Waals surface area contributed by atoms with Gasteiger partial charge in [0.15, 0.2) is 0 Å². The minimum Gasteiger partial charge on any atom is -0.391 e. The van der Waals surface area contributed by atoms with Crippen LogP contribution in [-0.2, 0) is 19.0 Å². The Morgan fingerprint density at radius 1 is 1.16 bits per heavy atom. The number of benzene rings is 1. The van der Waals surface area contributed by atoms with Crippen molar-refractivity contribution in [1.82, 2.24) is 9.78 Å². The van der Waals surface area contributed by atoms with Crippen LogP contribution in [0.15, 0.2) is 40.5 Å². The van der Waals surface area contributed by atoms with Gasteiger partial charge in [0, 0.05) is 24.3 Å². The number of halogens is 3. The van der Waals surface area contributed by atoms with Gasteiger partial charge in [-0.3, -0.25) is 4.79 Å². The molecule has 9 heteroatoms. The molecule has 5 nitrogen and oxygen atoms in total. The van der Waals surface area contributed by atoms with Crippen molar-refractivity contribution in [3.63, 3.8) is 0 Å². The molecule has 0 unspecified atom stereocenters. The Morgan fingerprint density at radius 3 is 2.65 bits per heavy atom. The molecule has 0 bridgehead atoms. The van der Waals surface area contributed by atoms with E-state index in [1.54, 1.807) is 0 Å². The van der Waals surface area contributed by atoms with Crippen molar-refractivity contribution in [2.75, 3.05) is 18.0 Å². The first-order valence-electron chi connectivity index (χ1n) is 10.2. The van der Waals surface area contributed by atoms with Gasteiger partial charge < -0.3 is 10.0 Å². The number of alkyl halides is 3. The third kappa shape index (κ3) is 3.55. The van der Waals surface area contributed by atoms with E-state index in [-0.39, 0.29) is 5.69 Å². The predicted octanol–water partition coefficient (Wildman–Crippen LogP) is 4.04. The Hall–Kier alpha value is -2.65. The molecule has 5 rings (SSSR count). The molecule has 1 aliphatic heterocycles. The van der Waals surface area contributed by atoms with Crippen molar-refractivity contribution >= 4 is 17.0 Å². The average molecular weight is 447 g/mol. The first kappa shape index (κ1) is 20.3. The second kappa shape index (κ2) is 7.49. The highest BCUT2D eigenvalue weighted by molar-refractivity contribution is 7.13. The molecule has 3 heterocycles. The van der Waals surface area contributed by atoms with Crippen LogP contribution in [0, 0.1) is 0 Å². The molecule has 0 amide bonds. The fourth-order valence-electron chi connectivity index (χ4n) is 4.46. The minimum atomic E-state index is -4.64. The molecule has 1 N–H and O–H groups in total. The number of aromatic nitrogens is 2. The first-order valence-corrected chi connectivity index (χ1v) is 11.0. The molecule has 162 valence electrons. The fourth-order valence-corrected chi connectivity index (χ4v) is 5.19. The van der Waals surface area contributed by atoms with Gasteiger partial charge in [-0.25, -0.2) is 0 Å². The maximum atomic E-state index is 13.9. The second-order valence-electron chi connectivity index (χ2n) is 7.94. The molecule has 2 aliphatic rings. The lowest BCUT2D eigenvalue weighted by atomic mass is 10.1. The van der Waals surface area contributed by atoms with Gasteiger partial charge in [0.25, 0.3) is 5.56 Å². The molecule has 1 saturated heterocycles. The number of aliphatic hydroxyl groups is 1. The summed E-state index contributed by atoms with van der Waals surface area (Å²) in [4.78, 5) is 15.9. The van der Waals surface area contributed by atoms with Gasteiger partial charge in [0.1, 0.15) is 5.69 Å². The van der Waals surface area contributed by atoms with Crippen molar-refractivity contribution in [3.05, 3.63) is 62.8 Å². The molecular formula is C22H20F3N3O2S. The highest BCUT2D eigenvalue weighted by Gasteiger charge is 2.36. The molecule has 1 atom stereocenters. The number of thiophene rings is 1. The maximum Gasteiger partial charge on any atom is 0.418 e. The zero-order valence-corrected chi connectivity index (χ0v) is 17.3. The van der Waals surface area contributed by atoms with E-state index in [0.717, 1.165) is 27.6 Å². The Bertz CT molecular complexity index is 1190. The lowest BCUT2D eigenvalue weighted by molar-refractivity contribution is -0.137. The van der Waals surface area contributed by atoms with E-state index in [1.807, 2.05) is 22.4 Å². The molecule has 0 saturated carbocycles. The van der Waals surface area contributed by atoms with E-state index in [0.29, 0.717) is 49.3 Å². The number of anilines is 1. The van der Waals surface area contributed by atoms with Crippen molar-refractivity contribution < 1.29 is 18.3 Å². The van der Waals surface area contributed by atoms with Crippen LogP contribution in [0.4, 0.5) is 18.9 Å². The fraction of sp³-hybridized carbons (Fsp3) is 0.364. The normalized spacial score (nSPS) is 18.6. The van der Waals surface area contributed by atoms with E-state index in [2.05, 4.69) is 5.10 Å². The van der Waals surface area contributed by atoms with Gasteiger partial charge >= 0.3 is 6.18 Å². The van der Waals surface area contributed by atoms with Crippen LogP contribution in [0.1, 0.15) is 29.5 Å². The third-order valence-electron chi connectivity index (χ3n) is 5.95. The van der Waals surface area contributed by atoms with Crippen LogP contribution in [0.2, 0.25) is 0 Å². The van der Waals surface area contributed by atoms with Gasteiger partial charge in [-0.2, -0.15) is 23.0 Å². The molecular weight excluding hydrogens is 427 g/mol. The van der Waals surface area contributed by atoms with Crippen molar-refractivity contribution in [2.24, 2.45) is 0 Å². The van der Waals surface area contributed by atoms with E-state index in [9.17, 15) is 23.1 Å². The molecule has 2 aromatic heterocycles. The number of β-amino-alcohol motifs (C(OH)–C–C–N with tert-alkyl or cyclic N) is 1. The Labute approximate surface area is 180 Å². The minimum absolute atomic E-state index is 0.274. The van der Waals surface area contributed by atoms with Gasteiger partial charge in [-0.1, -0.05) is 6.07 Å². The second-order valence-corrected chi connectivity index (χ2v) is 8.89. The monoisotopic (exact) mass is 447 g/mol. The summed E-state index contributed by atoms with van der Waals surface area (Å²) in [6.07, 6.45) is -2.58. The molecule has 3 aromatic rings. The van der Waals surface area contributed by atoms with Gasteiger partial charge in [-0.15, -0.1) is 11.3 Å². The molecule has 1 aliphatic carbocycles. The van der Waals surface area contributed by atoms with Crippen LogP contribution in [0.5, 0.6) is 0 Å². The van der Waals surface area contributed by atoms with Crippen LogP contribution in [0.3, 0.4) is 0 Å². The zero-order chi connectivity index (χ0) is 21.8. The van der Waals surface area contributed by atoms with Gasteiger partial charge in [0.2, 0.25) is 0 Å². The summed E-state index contributed by atoms with van der Waals surface area (Å²) in [5.74, 6) is 0. The molecule has 0 spiro atoms. The summed E-state index contributed by atoms with van der Waals surface area (Å²) < 4.78 is 42.6. The number of rotatable bonds is 3. The van der Waals surface area contributed by atoms with Crippen LogP contribution in [0.25, 0.3) is 16.3 Å². The van der Waals surface area contributed by atoms with Crippen molar-refractivity contribution in [2.45, 2.75) is 38.0 Å². The third-order valence-corrected chi connectivity index (χ3v) is 6.83. The number of aliphatic hydroxyl groups excluding tert-OH is 1. The van der Waals surface area contributed by atoms with Crippen molar-refractivity contribution in [3.8, 4) is 16.3 Å². The van der Waals surface area contributed by atoms with E-state index in [1.165, 1.54) is 23.5 Å². The summed E-state index contributed by atoms with van der Waals surface area (Å²) in [5, 5.41) is 16.2. The number of nitrogens with zero attached hydrogens (tertiary/aromatic N) is 3. The summed E-state index contributed by atoms with van der Waals surface area (Å²) in [6, 6.07) is 7.49. The largest absolute Gasteiger partial charge is 0.418 e. The van der Waals surface area contributed by atoms with Crippen LogP contribution >= 0.6 is 11.3 Å². The average Bonchev–Trinajstić information content (AvgIpc) is 3.49. The SMILES string of the molecule is O=c1c2c(c(-c3cccs3)nn1-c1cc(N3CC[C@H](O)C3)ccc1C(F)(F)F)CCC2. The predicted molar refractivity (Wildman–Crippen MR) is 113 cm³/mol. The molecule has 0 radical (unpaired) electrons. The van der Waals surface area contributed by atoms with Gasteiger partial charge in [-0.05, 0) is 60.9 Å². The standard InChI is InChI=1S/C22H20F3N3O2S/c23-22(24,25)17-7-6-13(27-9-8-14(29)12-27)11-18(17)28-21(30)16-4-1-3-15(16)20(26-28)19-5-2-10-31-19/h2,5-7,10-11,14,29H,1,3-4,8-9,12H2/t14-/m0/s1. The maximum absolute atomic E-state index is 13.9. The first-order chi connectivity index (χ1) is 14.8. The van der Waals surface area contributed by atoms with E-state index < -0.39 is 23.4 Å². The zero-order valence-electron chi connectivity index (χ0n) is 16.5. The van der Waals surface area contributed by atoms with Gasteiger partial charge in [0.05, 0.1) is 22.2 Å². The van der Waals surface area contributed by atoms with Crippen LogP contribution < -0.4 is 10.5 Å². The lowest BCUT2D eigenvalue weighted by Gasteiger charge is -2.22. The molecule has 1 aromatic carbocycles. The Balaban J connectivity index is 1.74. The Morgan fingerprint density at radius 2 is 1.97 bits per heavy atom.